The number of ether oxygens (including phenoxy) is 1. The van der Waals surface area contributed by atoms with Gasteiger partial charge in [0.25, 0.3) is 0 Å². The number of carbonyl (C=O) groups excluding carboxylic acids is 1. The zero-order valence-corrected chi connectivity index (χ0v) is 14.7. The van der Waals surface area contributed by atoms with E-state index in [2.05, 4.69) is 25.3 Å². The highest BCUT2D eigenvalue weighted by atomic mass is 19.1. The van der Waals surface area contributed by atoms with E-state index in [4.69, 9.17) is 0 Å². The number of nitrogens with zero attached hydrogens (tertiary/aromatic N) is 1. The summed E-state index contributed by atoms with van der Waals surface area (Å²) in [4.78, 5) is 18.3. The van der Waals surface area contributed by atoms with Crippen LogP contribution in [0.3, 0.4) is 0 Å². The van der Waals surface area contributed by atoms with Crippen LogP contribution in [-0.4, -0.2) is 44.2 Å². The molecule has 7 heteroatoms. The molecular weight excluding hydrogens is 323 g/mol. The summed E-state index contributed by atoms with van der Waals surface area (Å²) in [6, 6.07) is 4.75. The molecule has 1 heterocycles. The van der Waals surface area contributed by atoms with Crippen LogP contribution in [0.4, 0.5) is 4.39 Å². The van der Waals surface area contributed by atoms with Gasteiger partial charge in [0.1, 0.15) is 5.82 Å². The van der Waals surface area contributed by atoms with Gasteiger partial charge in [0.15, 0.2) is 5.96 Å². The lowest BCUT2D eigenvalue weighted by Gasteiger charge is -2.11. The first-order valence-corrected chi connectivity index (χ1v) is 8.41. The lowest BCUT2D eigenvalue weighted by Crippen LogP contribution is -2.38. The van der Waals surface area contributed by atoms with Crippen LogP contribution >= 0.6 is 0 Å². The standard InChI is InChI=1S/C18H25FN4O2/c1-20-18(21-9-4-3-5-17(24)25-2)22-10-8-13-12-23-16-7-6-14(19)11-15(13)16/h6-7,11-12,23H,3-5,8-10H2,1-2H3,(H2,20,21,22). The molecule has 0 fully saturated rings. The molecule has 0 aliphatic rings. The fourth-order valence-electron chi connectivity index (χ4n) is 2.60. The molecule has 1 aromatic carbocycles. The Hall–Kier alpha value is -2.57. The van der Waals surface area contributed by atoms with Gasteiger partial charge in [0.05, 0.1) is 7.11 Å². The SMILES string of the molecule is CN=C(NCCCCC(=O)OC)NCCc1c[nH]c2ccc(F)cc12. The van der Waals surface area contributed by atoms with E-state index in [1.54, 1.807) is 19.2 Å². The summed E-state index contributed by atoms with van der Waals surface area (Å²) in [5.74, 6) is 0.299. The Morgan fingerprint density at radius 1 is 1.28 bits per heavy atom. The predicted octanol–water partition coefficient (Wildman–Crippen LogP) is 2.36. The minimum atomic E-state index is -0.231. The summed E-state index contributed by atoms with van der Waals surface area (Å²) in [5, 5.41) is 7.35. The van der Waals surface area contributed by atoms with Crippen molar-refractivity contribution >= 4 is 22.8 Å². The number of halogens is 1. The number of esters is 1. The van der Waals surface area contributed by atoms with E-state index >= 15 is 0 Å². The molecule has 136 valence electrons. The fraction of sp³-hybridized carbons (Fsp3) is 0.444. The molecular formula is C18H25FN4O2. The van der Waals surface area contributed by atoms with Crippen LogP contribution in [0.15, 0.2) is 29.4 Å². The molecule has 6 nitrogen and oxygen atoms in total. The van der Waals surface area contributed by atoms with E-state index in [-0.39, 0.29) is 11.8 Å². The average Bonchev–Trinajstić information content (AvgIpc) is 3.01. The summed E-state index contributed by atoms with van der Waals surface area (Å²) >= 11 is 0. The van der Waals surface area contributed by atoms with E-state index in [0.717, 1.165) is 42.3 Å². The summed E-state index contributed by atoms with van der Waals surface area (Å²) in [7, 11) is 3.11. The average molecular weight is 348 g/mol. The number of methoxy groups -OCH3 is 1. The summed E-state index contributed by atoms with van der Waals surface area (Å²) in [5.41, 5.74) is 2.00. The molecule has 0 saturated carbocycles. The molecule has 0 amide bonds. The number of hydrogen-bond acceptors (Lipinski definition) is 3. The quantitative estimate of drug-likeness (QED) is 0.296. The molecule has 0 aliphatic carbocycles. The highest BCUT2D eigenvalue weighted by molar-refractivity contribution is 5.83. The molecule has 0 spiro atoms. The number of H-pyrrole nitrogens is 1. The first-order valence-electron chi connectivity index (χ1n) is 8.41. The van der Waals surface area contributed by atoms with Crippen molar-refractivity contribution in [1.82, 2.24) is 15.6 Å². The molecule has 0 radical (unpaired) electrons. The summed E-state index contributed by atoms with van der Waals surface area (Å²) < 4.78 is 18.0. The maximum Gasteiger partial charge on any atom is 0.305 e. The second-order valence-electron chi connectivity index (χ2n) is 5.71. The number of benzene rings is 1. The molecule has 25 heavy (non-hydrogen) atoms. The van der Waals surface area contributed by atoms with Crippen LogP contribution in [0.25, 0.3) is 10.9 Å². The number of rotatable bonds is 8. The Labute approximate surface area is 146 Å². The zero-order chi connectivity index (χ0) is 18.1. The maximum atomic E-state index is 13.4. The Balaban J connectivity index is 1.72. The normalized spacial score (nSPS) is 11.6. The van der Waals surface area contributed by atoms with Gasteiger partial charge in [-0.15, -0.1) is 0 Å². The lowest BCUT2D eigenvalue weighted by molar-refractivity contribution is -0.140. The molecule has 0 aliphatic heterocycles. The van der Waals surface area contributed by atoms with Gasteiger partial charge in [0.2, 0.25) is 0 Å². The minimum absolute atomic E-state index is 0.183. The lowest BCUT2D eigenvalue weighted by atomic mass is 10.1. The fourth-order valence-corrected chi connectivity index (χ4v) is 2.60. The van der Waals surface area contributed by atoms with Crippen LogP contribution in [0.5, 0.6) is 0 Å². The molecule has 2 aromatic rings. The Kier molecular flexibility index (Phi) is 7.25. The van der Waals surface area contributed by atoms with E-state index in [1.165, 1.54) is 13.2 Å². The summed E-state index contributed by atoms with van der Waals surface area (Å²) in [6.45, 7) is 1.42. The third-order valence-electron chi connectivity index (χ3n) is 3.97. The van der Waals surface area contributed by atoms with Gasteiger partial charge in [-0.05, 0) is 43.0 Å². The maximum absolute atomic E-state index is 13.4. The second kappa shape index (κ2) is 9.66. The van der Waals surface area contributed by atoms with Gasteiger partial charge in [-0.25, -0.2) is 4.39 Å². The number of aliphatic imine (C=N–C) groups is 1. The van der Waals surface area contributed by atoms with Crippen molar-refractivity contribution in [2.24, 2.45) is 4.99 Å². The van der Waals surface area contributed by atoms with Crippen molar-refractivity contribution in [3.8, 4) is 0 Å². The van der Waals surface area contributed by atoms with Crippen LogP contribution in [-0.2, 0) is 16.0 Å². The van der Waals surface area contributed by atoms with Gasteiger partial charge in [-0.2, -0.15) is 0 Å². The number of aromatic nitrogens is 1. The van der Waals surface area contributed by atoms with Crippen LogP contribution in [0.1, 0.15) is 24.8 Å². The zero-order valence-electron chi connectivity index (χ0n) is 14.7. The van der Waals surface area contributed by atoms with Crippen LogP contribution in [0, 0.1) is 5.82 Å². The van der Waals surface area contributed by atoms with Crippen molar-refractivity contribution in [2.45, 2.75) is 25.7 Å². The number of aromatic amines is 1. The molecule has 1 aromatic heterocycles. The third-order valence-corrected chi connectivity index (χ3v) is 3.97. The summed E-state index contributed by atoms with van der Waals surface area (Å²) in [6.07, 6.45) is 4.73. The topological polar surface area (TPSA) is 78.5 Å². The van der Waals surface area contributed by atoms with Crippen LogP contribution < -0.4 is 10.6 Å². The van der Waals surface area contributed by atoms with Gasteiger partial charge in [0, 0.05) is 43.7 Å². The number of fused-ring (bicyclic) bond motifs is 1. The van der Waals surface area contributed by atoms with Gasteiger partial charge < -0.3 is 20.4 Å². The van der Waals surface area contributed by atoms with E-state index in [1.807, 2.05) is 6.20 Å². The van der Waals surface area contributed by atoms with Crippen molar-refractivity contribution in [1.29, 1.82) is 0 Å². The molecule has 2 rings (SSSR count). The Morgan fingerprint density at radius 2 is 2.08 bits per heavy atom. The number of carbonyl (C=O) groups is 1. The minimum Gasteiger partial charge on any atom is -0.469 e. The number of guanidine groups is 1. The Bertz CT molecular complexity index is 727. The molecule has 3 N–H and O–H groups in total. The van der Waals surface area contributed by atoms with E-state index < -0.39 is 0 Å². The number of unbranched alkanes of at least 4 members (excludes halogenated alkanes) is 1. The second-order valence-corrected chi connectivity index (χ2v) is 5.71. The highest BCUT2D eigenvalue weighted by Crippen LogP contribution is 2.19. The Morgan fingerprint density at radius 3 is 2.84 bits per heavy atom. The third kappa shape index (κ3) is 5.77. The van der Waals surface area contributed by atoms with E-state index in [9.17, 15) is 9.18 Å². The van der Waals surface area contributed by atoms with E-state index in [0.29, 0.717) is 18.9 Å². The molecule has 0 unspecified atom stereocenters. The first-order chi connectivity index (χ1) is 12.1. The molecule has 0 bridgehead atoms. The molecule has 0 saturated heterocycles. The molecule has 0 atom stereocenters. The smallest absolute Gasteiger partial charge is 0.305 e. The van der Waals surface area contributed by atoms with Crippen molar-refractivity contribution in [3.05, 3.63) is 35.8 Å². The largest absolute Gasteiger partial charge is 0.469 e. The van der Waals surface area contributed by atoms with Gasteiger partial charge in [-0.1, -0.05) is 0 Å². The predicted molar refractivity (Wildman–Crippen MR) is 97.2 cm³/mol. The van der Waals surface area contributed by atoms with Crippen molar-refractivity contribution in [2.75, 3.05) is 27.2 Å². The monoisotopic (exact) mass is 348 g/mol. The van der Waals surface area contributed by atoms with Crippen molar-refractivity contribution < 1.29 is 13.9 Å². The number of hydrogen-bond donors (Lipinski definition) is 3. The van der Waals surface area contributed by atoms with Gasteiger partial charge >= 0.3 is 5.97 Å². The highest BCUT2D eigenvalue weighted by Gasteiger charge is 2.05. The first kappa shape index (κ1) is 18.8. The number of nitrogens with one attached hydrogen (secondary N) is 3. The van der Waals surface area contributed by atoms with Crippen LogP contribution in [0.2, 0.25) is 0 Å². The van der Waals surface area contributed by atoms with Gasteiger partial charge in [-0.3, -0.25) is 9.79 Å². The van der Waals surface area contributed by atoms with Crippen molar-refractivity contribution in [3.63, 3.8) is 0 Å².